The van der Waals surface area contributed by atoms with Crippen LogP contribution in [0, 0.1) is 12.7 Å². The molecule has 1 aromatic heterocycles. The van der Waals surface area contributed by atoms with Crippen LogP contribution in [0.1, 0.15) is 17.1 Å². The molecule has 0 saturated heterocycles. The molecule has 0 aliphatic heterocycles. The summed E-state index contributed by atoms with van der Waals surface area (Å²) in [5.74, 6) is 0.436. The molecule has 1 heterocycles. The molecule has 2 aromatic rings. The maximum absolute atomic E-state index is 13.2. The fourth-order valence-electron chi connectivity index (χ4n) is 1.73. The van der Waals surface area contributed by atoms with Gasteiger partial charge in [0.2, 0.25) is 10.0 Å². The molecule has 0 spiro atoms. The first-order chi connectivity index (χ1) is 9.42. The summed E-state index contributed by atoms with van der Waals surface area (Å²) in [6.07, 6.45) is 0. The SMILES string of the molecule is Cc1ccc(CNS(=O)(=O)c2cc(F)ccc2CO)o1. The fourth-order valence-corrected chi connectivity index (χ4v) is 2.97. The number of halogens is 1. The van der Waals surface area contributed by atoms with Crippen molar-refractivity contribution in [2.75, 3.05) is 0 Å². The highest BCUT2D eigenvalue weighted by molar-refractivity contribution is 7.89. The van der Waals surface area contributed by atoms with E-state index in [9.17, 15) is 12.8 Å². The summed E-state index contributed by atoms with van der Waals surface area (Å²) in [7, 11) is -3.92. The number of hydrogen-bond acceptors (Lipinski definition) is 4. The maximum Gasteiger partial charge on any atom is 0.241 e. The zero-order valence-electron chi connectivity index (χ0n) is 10.8. The Morgan fingerprint density at radius 2 is 2.05 bits per heavy atom. The fraction of sp³-hybridized carbons (Fsp3) is 0.231. The van der Waals surface area contributed by atoms with Gasteiger partial charge in [0.15, 0.2) is 0 Å². The second-order valence-electron chi connectivity index (χ2n) is 4.25. The lowest BCUT2D eigenvalue weighted by atomic mass is 10.2. The molecule has 0 bridgehead atoms. The van der Waals surface area contributed by atoms with Crippen molar-refractivity contribution in [3.8, 4) is 0 Å². The van der Waals surface area contributed by atoms with Crippen LogP contribution in [0.3, 0.4) is 0 Å². The molecule has 0 fully saturated rings. The average Bonchev–Trinajstić information content (AvgIpc) is 2.82. The molecule has 20 heavy (non-hydrogen) atoms. The van der Waals surface area contributed by atoms with Gasteiger partial charge in [-0.2, -0.15) is 0 Å². The predicted octanol–water partition coefficient (Wildman–Crippen LogP) is 1.70. The molecule has 0 unspecified atom stereocenters. The first-order valence-electron chi connectivity index (χ1n) is 5.86. The molecule has 0 aliphatic rings. The summed E-state index contributed by atoms with van der Waals surface area (Å²) < 4.78 is 45.0. The van der Waals surface area contributed by atoms with Gasteiger partial charge in [-0.25, -0.2) is 17.5 Å². The van der Waals surface area contributed by atoms with Gasteiger partial charge < -0.3 is 9.52 Å². The molecule has 108 valence electrons. The Morgan fingerprint density at radius 1 is 1.30 bits per heavy atom. The van der Waals surface area contributed by atoms with Crippen molar-refractivity contribution in [1.29, 1.82) is 0 Å². The monoisotopic (exact) mass is 299 g/mol. The molecule has 5 nitrogen and oxygen atoms in total. The molecular formula is C13H14FNO4S. The van der Waals surface area contributed by atoms with Crippen LogP contribution in [0.5, 0.6) is 0 Å². The molecule has 7 heteroatoms. The smallest absolute Gasteiger partial charge is 0.241 e. The molecule has 0 amide bonds. The second kappa shape index (κ2) is 5.74. The summed E-state index contributed by atoms with van der Waals surface area (Å²) in [6, 6.07) is 6.57. The third kappa shape index (κ3) is 3.24. The number of aliphatic hydroxyl groups excluding tert-OH is 1. The number of sulfonamides is 1. The van der Waals surface area contributed by atoms with Crippen molar-refractivity contribution in [2.45, 2.75) is 25.0 Å². The molecule has 0 saturated carbocycles. The summed E-state index contributed by atoms with van der Waals surface area (Å²) in [5.41, 5.74) is 0.134. The second-order valence-corrected chi connectivity index (χ2v) is 5.98. The van der Waals surface area contributed by atoms with E-state index in [1.54, 1.807) is 19.1 Å². The van der Waals surface area contributed by atoms with E-state index in [2.05, 4.69) is 4.72 Å². The van der Waals surface area contributed by atoms with E-state index in [-0.39, 0.29) is 17.0 Å². The highest BCUT2D eigenvalue weighted by atomic mass is 32.2. The Balaban J connectivity index is 2.24. The molecule has 1 aromatic carbocycles. The van der Waals surface area contributed by atoms with Crippen LogP contribution in [0.15, 0.2) is 39.6 Å². The van der Waals surface area contributed by atoms with E-state index in [0.717, 1.165) is 12.1 Å². The third-order valence-corrected chi connectivity index (χ3v) is 4.20. The van der Waals surface area contributed by atoms with E-state index in [1.807, 2.05) is 0 Å². The van der Waals surface area contributed by atoms with Gasteiger partial charge in [0, 0.05) is 0 Å². The normalized spacial score (nSPS) is 11.8. The molecule has 0 aliphatic carbocycles. The van der Waals surface area contributed by atoms with Crippen molar-refractivity contribution in [3.63, 3.8) is 0 Å². The predicted molar refractivity (Wildman–Crippen MR) is 69.8 cm³/mol. The van der Waals surface area contributed by atoms with Crippen molar-refractivity contribution in [1.82, 2.24) is 4.72 Å². The molecule has 0 radical (unpaired) electrons. The number of nitrogens with one attached hydrogen (secondary N) is 1. The quantitative estimate of drug-likeness (QED) is 0.880. The van der Waals surface area contributed by atoms with Crippen LogP contribution in [0.25, 0.3) is 0 Å². The summed E-state index contributed by atoms with van der Waals surface area (Å²) in [6.45, 7) is 1.21. The van der Waals surface area contributed by atoms with Gasteiger partial charge in [0.05, 0.1) is 18.0 Å². The minimum Gasteiger partial charge on any atom is -0.465 e. The minimum atomic E-state index is -3.92. The van der Waals surface area contributed by atoms with Crippen LogP contribution in [0.2, 0.25) is 0 Å². The standard InChI is InChI=1S/C13H14FNO4S/c1-9-2-5-12(19-9)7-15-20(17,18)13-6-11(14)4-3-10(13)8-16/h2-6,15-16H,7-8H2,1H3. The molecule has 0 atom stereocenters. The van der Waals surface area contributed by atoms with Crippen LogP contribution in [-0.2, 0) is 23.2 Å². The number of aryl methyl sites for hydroxylation is 1. The Bertz CT molecular complexity index is 709. The molecule has 2 rings (SSSR count). The lowest BCUT2D eigenvalue weighted by molar-refractivity contribution is 0.278. The average molecular weight is 299 g/mol. The Labute approximate surface area is 116 Å². The number of hydrogen-bond donors (Lipinski definition) is 2. The van der Waals surface area contributed by atoms with Crippen LogP contribution < -0.4 is 4.72 Å². The topological polar surface area (TPSA) is 79.5 Å². The third-order valence-electron chi connectivity index (χ3n) is 2.72. The lowest BCUT2D eigenvalue weighted by Gasteiger charge is -2.09. The van der Waals surface area contributed by atoms with Gasteiger partial charge in [-0.1, -0.05) is 6.07 Å². The highest BCUT2D eigenvalue weighted by Crippen LogP contribution is 2.18. The highest BCUT2D eigenvalue weighted by Gasteiger charge is 2.19. The van der Waals surface area contributed by atoms with Crippen LogP contribution in [0.4, 0.5) is 4.39 Å². The molecule has 2 N–H and O–H groups in total. The van der Waals surface area contributed by atoms with E-state index in [4.69, 9.17) is 9.52 Å². The van der Waals surface area contributed by atoms with Gasteiger partial charge in [0.1, 0.15) is 17.3 Å². The van der Waals surface area contributed by atoms with Gasteiger partial charge >= 0.3 is 0 Å². The van der Waals surface area contributed by atoms with Gasteiger partial charge in [-0.05, 0) is 36.8 Å². The van der Waals surface area contributed by atoms with Crippen LogP contribution >= 0.6 is 0 Å². The van der Waals surface area contributed by atoms with Gasteiger partial charge in [-0.3, -0.25) is 0 Å². The number of rotatable bonds is 5. The lowest BCUT2D eigenvalue weighted by Crippen LogP contribution is -2.24. The Morgan fingerprint density at radius 3 is 2.65 bits per heavy atom. The van der Waals surface area contributed by atoms with E-state index in [1.165, 1.54) is 6.07 Å². The number of aliphatic hydroxyl groups is 1. The molecular weight excluding hydrogens is 285 g/mol. The van der Waals surface area contributed by atoms with Crippen molar-refractivity contribution < 1.29 is 22.3 Å². The maximum atomic E-state index is 13.2. The number of benzene rings is 1. The largest absolute Gasteiger partial charge is 0.465 e. The number of furan rings is 1. The van der Waals surface area contributed by atoms with Crippen LogP contribution in [-0.4, -0.2) is 13.5 Å². The Hall–Kier alpha value is -1.70. The minimum absolute atomic E-state index is 0.0441. The van der Waals surface area contributed by atoms with E-state index >= 15 is 0 Å². The van der Waals surface area contributed by atoms with E-state index < -0.39 is 22.4 Å². The van der Waals surface area contributed by atoms with E-state index in [0.29, 0.717) is 11.5 Å². The summed E-state index contributed by atoms with van der Waals surface area (Å²) >= 11 is 0. The van der Waals surface area contributed by atoms with Gasteiger partial charge in [-0.15, -0.1) is 0 Å². The van der Waals surface area contributed by atoms with Crippen molar-refractivity contribution in [3.05, 3.63) is 53.2 Å². The van der Waals surface area contributed by atoms with Crippen molar-refractivity contribution in [2.24, 2.45) is 0 Å². The first-order valence-corrected chi connectivity index (χ1v) is 7.35. The van der Waals surface area contributed by atoms with Crippen molar-refractivity contribution >= 4 is 10.0 Å². The zero-order chi connectivity index (χ0) is 14.8. The Kier molecular flexibility index (Phi) is 4.22. The summed E-state index contributed by atoms with van der Waals surface area (Å²) in [5, 5.41) is 9.13. The summed E-state index contributed by atoms with van der Waals surface area (Å²) in [4.78, 5) is -0.275. The first kappa shape index (κ1) is 14.7. The van der Waals surface area contributed by atoms with Gasteiger partial charge in [0.25, 0.3) is 0 Å². The zero-order valence-corrected chi connectivity index (χ0v) is 11.6.